The van der Waals surface area contributed by atoms with Crippen LogP contribution >= 0.6 is 12.4 Å². The number of hydrogen-bond donors (Lipinski definition) is 2. The summed E-state index contributed by atoms with van der Waals surface area (Å²) in [5, 5.41) is 12.9. The number of carbonyl (C=O) groups excluding carboxylic acids is 2. The largest absolute Gasteiger partial charge is 0.507 e. The van der Waals surface area contributed by atoms with E-state index < -0.39 is 17.7 Å². The van der Waals surface area contributed by atoms with Gasteiger partial charge < -0.3 is 19.9 Å². The van der Waals surface area contributed by atoms with E-state index in [0.29, 0.717) is 35.4 Å². The Balaban J connectivity index is 0.000000313. The van der Waals surface area contributed by atoms with Crippen LogP contribution in [0.2, 0.25) is 0 Å². The number of phenolic OH excluding ortho intramolecular Hbond substituents is 1. The maximum absolute atomic E-state index is 12.7. The topological polar surface area (TPSA) is 84.9 Å². The van der Waals surface area contributed by atoms with Crippen LogP contribution in [0.4, 0.5) is 13.2 Å². The number of nitrogens with one attached hydrogen (secondary N) is 1. The molecule has 4 rings (SSSR count). The highest BCUT2D eigenvalue weighted by Gasteiger charge is 2.30. The van der Waals surface area contributed by atoms with Crippen molar-refractivity contribution in [2.45, 2.75) is 25.6 Å². The summed E-state index contributed by atoms with van der Waals surface area (Å²) in [5.41, 5.74) is 1.27. The standard InChI is InChI=1S/C19H20F3NO2.C14H12O3.ClH/c1-14(12-15-6-5-9-17(13-15)19(20,21)22)23-10-11-25-18(24)16-7-3-2-4-8-16;1-17-11-7-8-12(13(15)9-11)14(16)10-5-3-2-4-6-10;/h2-9,13-14,23H,10-12H2,1H3;2-9,15H,1H3;1H. The number of alkyl halides is 3. The lowest BCUT2D eigenvalue weighted by molar-refractivity contribution is -0.137. The molecule has 228 valence electrons. The third kappa shape index (κ3) is 11.1. The lowest BCUT2D eigenvalue weighted by atomic mass is 10.0. The SMILES string of the molecule is CC(Cc1cccc(C(F)(F)F)c1)NCCOC(=O)c1ccccc1.COc1ccc(C(=O)c2ccccc2)c(O)c1.Cl. The van der Waals surface area contributed by atoms with Crippen molar-refractivity contribution in [2.24, 2.45) is 0 Å². The maximum atomic E-state index is 12.7. The fraction of sp³-hybridized carbons (Fsp3) is 0.212. The van der Waals surface area contributed by atoms with Crippen molar-refractivity contribution < 1.29 is 37.3 Å². The summed E-state index contributed by atoms with van der Waals surface area (Å²) in [6.07, 6.45) is -3.88. The molecular weight excluding hydrogens is 583 g/mol. The first-order valence-electron chi connectivity index (χ1n) is 13.2. The number of methoxy groups -OCH3 is 1. The third-order valence-corrected chi connectivity index (χ3v) is 6.12. The number of ether oxygens (including phenoxy) is 2. The highest BCUT2D eigenvalue weighted by atomic mass is 35.5. The van der Waals surface area contributed by atoms with E-state index in [1.807, 2.05) is 19.1 Å². The van der Waals surface area contributed by atoms with Gasteiger partial charge in [-0.05, 0) is 49.2 Å². The summed E-state index contributed by atoms with van der Waals surface area (Å²) in [6, 6.07) is 27.4. The zero-order valence-corrected chi connectivity index (χ0v) is 24.5. The lowest BCUT2D eigenvalue weighted by Crippen LogP contribution is -2.31. The Morgan fingerprint density at radius 2 is 1.49 bits per heavy atom. The van der Waals surface area contributed by atoms with Crippen molar-refractivity contribution in [3.8, 4) is 11.5 Å². The van der Waals surface area contributed by atoms with Gasteiger partial charge >= 0.3 is 12.1 Å². The monoisotopic (exact) mass is 615 g/mol. The number of phenols is 1. The van der Waals surface area contributed by atoms with E-state index in [0.717, 1.165) is 12.1 Å². The normalized spacial score (nSPS) is 11.3. The van der Waals surface area contributed by atoms with Crippen molar-refractivity contribution in [3.05, 3.63) is 131 Å². The molecule has 0 amide bonds. The van der Waals surface area contributed by atoms with E-state index in [9.17, 15) is 27.9 Å². The Morgan fingerprint density at radius 1 is 0.860 bits per heavy atom. The van der Waals surface area contributed by atoms with Crippen LogP contribution in [0.5, 0.6) is 11.5 Å². The Kier molecular flexibility index (Phi) is 13.7. The van der Waals surface area contributed by atoms with E-state index in [-0.39, 0.29) is 42.2 Å². The van der Waals surface area contributed by atoms with Crippen molar-refractivity contribution in [3.63, 3.8) is 0 Å². The second kappa shape index (κ2) is 16.9. The molecule has 0 aromatic heterocycles. The third-order valence-electron chi connectivity index (χ3n) is 6.12. The molecule has 2 N–H and O–H groups in total. The van der Waals surface area contributed by atoms with E-state index >= 15 is 0 Å². The van der Waals surface area contributed by atoms with Gasteiger partial charge in [-0.15, -0.1) is 12.4 Å². The second-order valence-electron chi connectivity index (χ2n) is 9.34. The summed E-state index contributed by atoms with van der Waals surface area (Å²) in [5.74, 6) is -0.149. The Hall–Kier alpha value is -4.34. The fourth-order valence-corrected chi connectivity index (χ4v) is 3.98. The van der Waals surface area contributed by atoms with Gasteiger partial charge in [-0.3, -0.25) is 4.79 Å². The van der Waals surface area contributed by atoms with Crippen molar-refractivity contribution in [2.75, 3.05) is 20.3 Å². The van der Waals surface area contributed by atoms with E-state index in [1.54, 1.807) is 66.7 Å². The Labute approximate surface area is 254 Å². The molecule has 0 bridgehead atoms. The number of benzene rings is 4. The molecule has 1 atom stereocenters. The molecule has 43 heavy (non-hydrogen) atoms. The van der Waals surface area contributed by atoms with Crippen LogP contribution in [0.1, 0.15) is 44.3 Å². The number of halogens is 4. The van der Waals surface area contributed by atoms with Crippen LogP contribution in [-0.4, -0.2) is 43.2 Å². The smallest absolute Gasteiger partial charge is 0.416 e. The number of carbonyl (C=O) groups is 2. The average molecular weight is 616 g/mol. The van der Waals surface area contributed by atoms with Crippen LogP contribution in [-0.2, 0) is 17.3 Å². The summed E-state index contributed by atoms with van der Waals surface area (Å²) in [7, 11) is 1.51. The molecule has 0 fully saturated rings. The van der Waals surface area contributed by atoms with Crippen LogP contribution in [0.3, 0.4) is 0 Å². The predicted octanol–water partition coefficient (Wildman–Crippen LogP) is 7.14. The number of rotatable bonds is 10. The molecular formula is C33H33ClF3NO5. The Bertz CT molecular complexity index is 1450. The molecule has 0 aliphatic heterocycles. The minimum absolute atomic E-state index is 0. The first-order chi connectivity index (χ1) is 20.1. The summed E-state index contributed by atoms with van der Waals surface area (Å²) in [4.78, 5) is 23.8. The number of esters is 1. The van der Waals surface area contributed by atoms with E-state index in [2.05, 4.69) is 5.32 Å². The lowest BCUT2D eigenvalue weighted by Gasteiger charge is -2.15. The second-order valence-corrected chi connectivity index (χ2v) is 9.34. The highest BCUT2D eigenvalue weighted by Crippen LogP contribution is 2.30. The zero-order chi connectivity index (χ0) is 30.5. The molecule has 0 saturated carbocycles. The summed E-state index contributed by atoms with van der Waals surface area (Å²) < 4.78 is 48.2. The molecule has 0 radical (unpaired) electrons. The van der Waals surface area contributed by atoms with Gasteiger partial charge in [0.25, 0.3) is 0 Å². The molecule has 0 aliphatic carbocycles. The van der Waals surface area contributed by atoms with E-state index in [1.165, 1.54) is 19.2 Å². The molecule has 4 aromatic carbocycles. The van der Waals surface area contributed by atoms with Gasteiger partial charge in [0, 0.05) is 24.2 Å². The molecule has 1 unspecified atom stereocenters. The van der Waals surface area contributed by atoms with Gasteiger partial charge in [-0.2, -0.15) is 13.2 Å². The molecule has 0 heterocycles. The first kappa shape index (κ1) is 34.9. The van der Waals surface area contributed by atoms with Gasteiger partial charge in [-0.1, -0.05) is 66.7 Å². The minimum Gasteiger partial charge on any atom is -0.507 e. The van der Waals surface area contributed by atoms with Crippen LogP contribution in [0.25, 0.3) is 0 Å². The highest BCUT2D eigenvalue weighted by molar-refractivity contribution is 6.10. The van der Waals surface area contributed by atoms with Gasteiger partial charge in [0.15, 0.2) is 5.78 Å². The summed E-state index contributed by atoms with van der Waals surface area (Å²) in [6.45, 7) is 2.50. The average Bonchev–Trinajstić information content (AvgIpc) is 2.99. The van der Waals surface area contributed by atoms with E-state index in [4.69, 9.17) is 9.47 Å². The number of ketones is 1. The van der Waals surface area contributed by atoms with Gasteiger partial charge in [0.2, 0.25) is 0 Å². The first-order valence-corrected chi connectivity index (χ1v) is 13.2. The Morgan fingerprint density at radius 3 is 2.07 bits per heavy atom. The van der Waals surface area contributed by atoms with Crippen LogP contribution in [0, 0.1) is 0 Å². The quantitative estimate of drug-likeness (QED) is 0.112. The van der Waals surface area contributed by atoms with Gasteiger partial charge in [0.05, 0.1) is 23.8 Å². The van der Waals surface area contributed by atoms with Crippen molar-refractivity contribution in [1.29, 1.82) is 0 Å². The minimum atomic E-state index is -4.34. The fourth-order valence-electron chi connectivity index (χ4n) is 3.98. The summed E-state index contributed by atoms with van der Waals surface area (Å²) >= 11 is 0. The molecule has 0 aliphatic rings. The number of aromatic hydroxyl groups is 1. The predicted molar refractivity (Wildman–Crippen MR) is 161 cm³/mol. The zero-order valence-electron chi connectivity index (χ0n) is 23.6. The van der Waals surface area contributed by atoms with Crippen LogP contribution in [0.15, 0.2) is 103 Å². The molecule has 0 saturated heterocycles. The van der Waals surface area contributed by atoms with Gasteiger partial charge in [0.1, 0.15) is 18.1 Å². The molecule has 6 nitrogen and oxygen atoms in total. The van der Waals surface area contributed by atoms with Gasteiger partial charge in [-0.25, -0.2) is 4.79 Å². The molecule has 4 aromatic rings. The van der Waals surface area contributed by atoms with Crippen molar-refractivity contribution in [1.82, 2.24) is 5.32 Å². The van der Waals surface area contributed by atoms with Crippen molar-refractivity contribution >= 4 is 24.2 Å². The van der Waals surface area contributed by atoms with Crippen LogP contribution < -0.4 is 10.1 Å². The maximum Gasteiger partial charge on any atom is 0.416 e. The number of hydrogen-bond acceptors (Lipinski definition) is 6. The molecule has 0 spiro atoms. The molecule has 10 heteroatoms.